The van der Waals surface area contributed by atoms with Crippen molar-refractivity contribution < 1.29 is 31.1 Å². The van der Waals surface area contributed by atoms with E-state index in [1.165, 1.54) is 31.5 Å². The molecule has 0 spiro atoms. The Balaban J connectivity index is 1.67. The Morgan fingerprint density at radius 1 is 1.12 bits per heavy atom. The van der Waals surface area contributed by atoms with Crippen LogP contribution in [0.4, 0.5) is 18.9 Å². The lowest BCUT2D eigenvalue weighted by Crippen LogP contribution is -2.34. The van der Waals surface area contributed by atoms with Crippen molar-refractivity contribution in [1.82, 2.24) is 14.8 Å². The van der Waals surface area contributed by atoms with E-state index in [2.05, 4.69) is 4.98 Å². The van der Waals surface area contributed by atoms with E-state index in [4.69, 9.17) is 14.6 Å². The smallest absolute Gasteiger partial charge is 0.269 e. The highest BCUT2D eigenvalue weighted by Gasteiger charge is 2.32. The maximum atomic E-state index is 16.4. The number of nitriles is 1. The number of nitrogens with zero attached hydrogens (tertiary/aromatic N) is 5. The average Bonchev–Trinajstić information content (AvgIpc) is 3.43. The molecule has 3 heterocycles. The standard InChI is InChI=1S/C28H24F3N5O4S/c1-39-17-36(41(37,38)26-14-19(29)5-6-24(26)30)25-4-2-3-22(27(25)31)28-23(18-7-10-33-20(13-18)15-32)16-35(34-28)21-8-11-40-12-9-21/h2-7,10,13-14,16,21H,8-9,11-12,17H2,1H3. The van der Waals surface area contributed by atoms with Gasteiger partial charge in [-0.3, -0.25) is 4.68 Å². The summed E-state index contributed by atoms with van der Waals surface area (Å²) in [6.45, 7) is 0.388. The van der Waals surface area contributed by atoms with E-state index in [0.29, 0.717) is 53.6 Å². The van der Waals surface area contributed by atoms with Gasteiger partial charge in [0, 0.05) is 43.8 Å². The molecule has 2 aromatic heterocycles. The number of sulfonamides is 1. The fourth-order valence-electron chi connectivity index (χ4n) is 4.67. The Morgan fingerprint density at radius 2 is 1.90 bits per heavy atom. The maximum Gasteiger partial charge on any atom is 0.269 e. The van der Waals surface area contributed by atoms with Crippen LogP contribution in [-0.4, -0.2) is 50.2 Å². The number of halogens is 3. The summed E-state index contributed by atoms with van der Waals surface area (Å²) < 4.78 is 84.5. The van der Waals surface area contributed by atoms with Gasteiger partial charge in [-0.25, -0.2) is 30.9 Å². The molecule has 1 fully saturated rings. The summed E-state index contributed by atoms with van der Waals surface area (Å²) in [6.07, 6.45) is 4.57. The number of hydrogen-bond donors (Lipinski definition) is 0. The van der Waals surface area contributed by atoms with E-state index >= 15 is 4.39 Å². The van der Waals surface area contributed by atoms with E-state index in [0.717, 1.165) is 6.07 Å². The lowest BCUT2D eigenvalue weighted by atomic mass is 10.0. The third kappa shape index (κ3) is 5.54. The van der Waals surface area contributed by atoms with Crippen molar-refractivity contribution in [3.63, 3.8) is 0 Å². The second-order valence-electron chi connectivity index (χ2n) is 9.24. The molecule has 212 valence electrons. The van der Waals surface area contributed by atoms with Crippen LogP contribution in [0.5, 0.6) is 0 Å². The summed E-state index contributed by atoms with van der Waals surface area (Å²) in [4.78, 5) is 3.04. The van der Waals surface area contributed by atoms with Crippen LogP contribution in [0.25, 0.3) is 22.4 Å². The first-order chi connectivity index (χ1) is 19.7. The third-order valence-corrected chi connectivity index (χ3v) is 8.44. The SMILES string of the molecule is COCN(c1cccc(-c2nn(C3CCOCC3)cc2-c2ccnc(C#N)c2)c1F)S(=O)(=O)c1cc(F)ccc1F. The van der Waals surface area contributed by atoms with Crippen LogP contribution >= 0.6 is 0 Å². The highest BCUT2D eigenvalue weighted by Crippen LogP contribution is 2.38. The van der Waals surface area contributed by atoms with Crippen LogP contribution in [0.3, 0.4) is 0 Å². The van der Waals surface area contributed by atoms with Crippen molar-refractivity contribution in [2.75, 3.05) is 31.4 Å². The molecule has 5 rings (SSSR count). The first kappa shape index (κ1) is 28.3. The van der Waals surface area contributed by atoms with Gasteiger partial charge in [-0.1, -0.05) is 6.07 Å². The molecule has 0 unspecified atom stereocenters. The van der Waals surface area contributed by atoms with Crippen LogP contribution in [0, 0.1) is 28.8 Å². The Kier molecular flexibility index (Phi) is 8.07. The lowest BCUT2D eigenvalue weighted by Gasteiger charge is -2.25. The van der Waals surface area contributed by atoms with Gasteiger partial charge in [0.25, 0.3) is 10.0 Å². The zero-order valence-electron chi connectivity index (χ0n) is 21.8. The minimum atomic E-state index is -4.80. The second-order valence-corrected chi connectivity index (χ2v) is 11.1. The minimum Gasteiger partial charge on any atom is -0.381 e. The first-order valence-electron chi connectivity index (χ1n) is 12.5. The zero-order chi connectivity index (χ0) is 29.1. The number of rotatable bonds is 8. The second kappa shape index (κ2) is 11.7. The molecule has 13 heteroatoms. The third-order valence-electron chi connectivity index (χ3n) is 6.69. The van der Waals surface area contributed by atoms with Crippen molar-refractivity contribution in [3.05, 3.63) is 84.1 Å². The molecular formula is C28H24F3N5O4S. The van der Waals surface area contributed by atoms with Gasteiger partial charge >= 0.3 is 0 Å². The number of methoxy groups -OCH3 is 1. The van der Waals surface area contributed by atoms with Crippen LogP contribution in [0.1, 0.15) is 24.6 Å². The molecule has 0 N–H and O–H groups in total. The number of ether oxygens (including phenoxy) is 2. The molecule has 1 saturated heterocycles. The molecule has 0 bridgehead atoms. The molecule has 2 aromatic carbocycles. The van der Waals surface area contributed by atoms with Crippen LogP contribution < -0.4 is 4.31 Å². The molecular weight excluding hydrogens is 559 g/mol. The lowest BCUT2D eigenvalue weighted by molar-refractivity contribution is 0.0663. The van der Waals surface area contributed by atoms with Crippen LogP contribution in [0.2, 0.25) is 0 Å². The highest BCUT2D eigenvalue weighted by atomic mass is 32.2. The molecule has 1 aliphatic rings. The monoisotopic (exact) mass is 583 g/mol. The highest BCUT2D eigenvalue weighted by molar-refractivity contribution is 7.92. The molecule has 1 aliphatic heterocycles. The molecule has 41 heavy (non-hydrogen) atoms. The summed E-state index contributed by atoms with van der Waals surface area (Å²) in [7, 11) is -3.61. The van der Waals surface area contributed by atoms with Crippen molar-refractivity contribution in [2.45, 2.75) is 23.8 Å². The van der Waals surface area contributed by atoms with Crippen molar-refractivity contribution in [3.8, 4) is 28.5 Å². The van der Waals surface area contributed by atoms with E-state index in [-0.39, 0.29) is 23.0 Å². The van der Waals surface area contributed by atoms with Crippen molar-refractivity contribution in [1.29, 1.82) is 5.26 Å². The van der Waals surface area contributed by atoms with Gasteiger partial charge < -0.3 is 9.47 Å². The fraction of sp³-hybridized carbons (Fsp3) is 0.250. The molecule has 0 amide bonds. The summed E-state index contributed by atoms with van der Waals surface area (Å²) >= 11 is 0. The summed E-state index contributed by atoms with van der Waals surface area (Å²) in [5.41, 5.74) is 0.886. The topological polar surface area (TPSA) is 110 Å². The Hall–Kier alpha value is -4.25. The van der Waals surface area contributed by atoms with E-state index in [1.807, 2.05) is 6.07 Å². The van der Waals surface area contributed by atoms with Gasteiger partial charge in [-0.05, 0) is 60.9 Å². The van der Waals surface area contributed by atoms with Gasteiger partial charge in [0.2, 0.25) is 0 Å². The Labute approximate surface area is 234 Å². The van der Waals surface area contributed by atoms with Crippen LogP contribution in [-0.2, 0) is 19.5 Å². The van der Waals surface area contributed by atoms with Crippen LogP contribution in [0.15, 0.2) is 65.8 Å². The largest absolute Gasteiger partial charge is 0.381 e. The number of pyridine rings is 1. The van der Waals surface area contributed by atoms with Gasteiger partial charge in [0.05, 0.1) is 11.7 Å². The molecule has 0 atom stereocenters. The number of hydrogen-bond acceptors (Lipinski definition) is 7. The summed E-state index contributed by atoms with van der Waals surface area (Å²) in [6, 6.07) is 11.2. The number of aromatic nitrogens is 3. The van der Waals surface area contributed by atoms with E-state index in [9.17, 15) is 22.5 Å². The summed E-state index contributed by atoms with van der Waals surface area (Å²) in [5.74, 6) is -3.15. The fourth-order valence-corrected chi connectivity index (χ4v) is 6.13. The maximum absolute atomic E-state index is 16.4. The molecule has 4 aromatic rings. The normalized spacial score (nSPS) is 14.1. The van der Waals surface area contributed by atoms with E-state index < -0.39 is 44.8 Å². The van der Waals surface area contributed by atoms with Crippen molar-refractivity contribution >= 4 is 15.7 Å². The first-order valence-corrected chi connectivity index (χ1v) is 14.0. The Bertz CT molecular complexity index is 1730. The average molecular weight is 584 g/mol. The predicted octanol–water partition coefficient (Wildman–Crippen LogP) is 5.05. The van der Waals surface area contributed by atoms with Gasteiger partial charge in [-0.2, -0.15) is 10.4 Å². The van der Waals surface area contributed by atoms with Gasteiger partial charge in [0.15, 0.2) is 5.82 Å². The van der Waals surface area contributed by atoms with Gasteiger partial charge in [-0.15, -0.1) is 0 Å². The molecule has 0 radical (unpaired) electrons. The number of benzene rings is 2. The molecule has 9 nitrogen and oxygen atoms in total. The zero-order valence-corrected chi connectivity index (χ0v) is 22.6. The predicted molar refractivity (Wildman–Crippen MR) is 143 cm³/mol. The van der Waals surface area contributed by atoms with E-state index in [1.54, 1.807) is 23.0 Å². The quantitative estimate of drug-likeness (QED) is 0.267. The minimum absolute atomic E-state index is 0.0268. The molecule has 0 saturated carbocycles. The van der Waals surface area contributed by atoms with Gasteiger partial charge in [0.1, 0.15) is 40.7 Å². The summed E-state index contributed by atoms with van der Waals surface area (Å²) in [5, 5.41) is 14.1. The number of anilines is 1. The van der Waals surface area contributed by atoms with Crippen molar-refractivity contribution in [2.24, 2.45) is 0 Å². The Morgan fingerprint density at radius 3 is 2.63 bits per heavy atom. The molecule has 0 aliphatic carbocycles.